The molecule has 2 aliphatic rings. The van der Waals surface area contributed by atoms with Crippen LogP contribution in [0.5, 0.6) is 0 Å². The lowest BCUT2D eigenvalue weighted by atomic mass is 9.92. The van der Waals surface area contributed by atoms with Crippen molar-refractivity contribution in [2.24, 2.45) is 0 Å². The van der Waals surface area contributed by atoms with E-state index in [1.54, 1.807) is 24.8 Å². The van der Waals surface area contributed by atoms with E-state index in [0.29, 0.717) is 22.5 Å². The van der Waals surface area contributed by atoms with Crippen molar-refractivity contribution in [1.29, 1.82) is 0 Å². The van der Waals surface area contributed by atoms with Crippen LogP contribution in [0.4, 0.5) is 11.6 Å². The summed E-state index contributed by atoms with van der Waals surface area (Å²) >= 11 is 0. The number of anilines is 2. The number of amides is 2. The molecule has 0 spiro atoms. The van der Waals surface area contributed by atoms with Gasteiger partial charge in [-0.05, 0) is 42.9 Å². The van der Waals surface area contributed by atoms with Crippen LogP contribution in [0.1, 0.15) is 15.9 Å². The minimum atomic E-state index is -0.471. The van der Waals surface area contributed by atoms with Gasteiger partial charge in [-0.25, -0.2) is 0 Å². The monoisotopic (exact) mass is 430 g/mol. The highest BCUT2D eigenvalue weighted by atomic mass is 16.3. The maximum atomic E-state index is 12.6. The molecule has 1 aromatic carbocycles. The number of imide groups is 1. The maximum Gasteiger partial charge on any atom is 0.260 e. The second-order valence-electron chi connectivity index (χ2n) is 7.83. The molecule has 9 nitrogen and oxygen atoms in total. The van der Waals surface area contributed by atoms with Crippen molar-refractivity contribution in [2.75, 3.05) is 43.4 Å². The molecular weight excluding hydrogens is 408 g/mol. The molecule has 0 bridgehead atoms. The lowest BCUT2D eigenvalue weighted by molar-refractivity contribution is -0.114. The maximum absolute atomic E-state index is 12.6. The molecule has 5 rings (SSSR count). The molecule has 1 saturated heterocycles. The quantitative estimate of drug-likeness (QED) is 0.480. The predicted octanol–water partition coefficient (Wildman–Crippen LogP) is 2.21. The lowest BCUT2D eigenvalue weighted by Crippen LogP contribution is -2.44. The van der Waals surface area contributed by atoms with Crippen LogP contribution >= 0.6 is 0 Å². The van der Waals surface area contributed by atoms with Crippen molar-refractivity contribution < 1.29 is 14.0 Å². The van der Waals surface area contributed by atoms with Crippen LogP contribution in [0.2, 0.25) is 0 Å². The highest BCUT2D eigenvalue weighted by Gasteiger charge is 2.27. The Labute approximate surface area is 184 Å². The van der Waals surface area contributed by atoms with Crippen LogP contribution in [0.3, 0.4) is 0 Å². The summed E-state index contributed by atoms with van der Waals surface area (Å²) in [6, 6.07) is 10.9. The Morgan fingerprint density at radius 1 is 0.969 bits per heavy atom. The van der Waals surface area contributed by atoms with E-state index >= 15 is 0 Å². The van der Waals surface area contributed by atoms with Crippen molar-refractivity contribution in [3.8, 4) is 11.1 Å². The Balaban J connectivity index is 1.39. The molecule has 0 unspecified atom stereocenters. The summed E-state index contributed by atoms with van der Waals surface area (Å²) in [5, 5.41) is 14.0. The normalized spacial score (nSPS) is 17.9. The molecule has 4 heterocycles. The summed E-state index contributed by atoms with van der Waals surface area (Å²) in [6.07, 6.45) is 4.75. The first kappa shape index (κ1) is 20.0. The van der Waals surface area contributed by atoms with Gasteiger partial charge in [-0.3, -0.25) is 14.9 Å². The number of nitrogens with one attached hydrogen (secondary N) is 2. The molecule has 2 aliphatic heterocycles. The smallest absolute Gasteiger partial charge is 0.260 e. The van der Waals surface area contributed by atoms with Gasteiger partial charge in [0.15, 0.2) is 11.6 Å². The predicted molar refractivity (Wildman–Crippen MR) is 120 cm³/mol. The molecule has 2 aromatic heterocycles. The molecular formula is C23H22N6O3. The van der Waals surface area contributed by atoms with Gasteiger partial charge in [0.2, 0.25) is 0 Å². The van der Waals surface area contributed by atoms with E-state index in [-0.39, 0.29) is 0 Å². The third kappa shape index (κ3) is 3.85. The number of likely N-dealkylation sites (N-methyl/N-ethyl adjacent to an activating group) is 1. The van der Waals surface area contributed by atoms with Crippen molar-refractivity contribution >= 4 is 29.0 Å². The molecule has 2 amide bonds. The lowest BCUT2D eigenvalue weighted by Gasteiger charge is -2.32. The van der Waals surface area contributed by atoms with Gasteiger partial charge in [0.05, 0.1) is 18.1 Å². The largest absolute Gasteiger partial charge is 0.472 e. The van der Waals surface area contributed by atoms with Gasteiger partial charge in [-0.15, -0.1) is 10.2 Å². The van der Waals surface area contributed by atoms with E-state index in [1.165, 1.54) is 0 Å². The van der Waals surface area contributed by atoms with Gasteiger partial charge in [0.25, 0.3) is 11.8 Å². The minimum absolute atomic E-state index is 0.342. The van der Waals surface area contributed by atoms with Gasteiger partial charge in [-0.2, -0.15) is 0 Å². The van der Waals surface area contributed by atoms with Crippen molar-refractivity contribution in [3.63, 3.8) is 0 Å². The minimum Gasteiger partial charge on any atom is -0.472 e. The van der Waals surface area contributed by atoms with E-state index in [4.69, 9.17) is 4.42 Å². The number of aromatic nitrogens is 2. The fraction of sp³-hybridized carbons (Fsp3) is 0.217. The van der Waals surface area contributed by atoms with E-state index in [9.17, 15) is 9.59 Å². The highest BCUT2D eigenvalue weighted by molar-refractivity contribution is 6.31. The standard InChI is InChI=1S/C23H22N6O3/c1-28-7-9-29(10-8-28)21-5-4-20(26-27-21)24-13-19-18-12-15(16-6-11-32-14-16)2-3-17(18)22(30)25-23(19)31/h2-6,11-14H,7-10H2,1H3,(H,24,26)(H,25,30,31). The first-order valence-corrected chi connectivity index (χ1v) is 10.3. The summed E-state index contributed by atoms with van der Waals surface area (Å²) in [7, 11) is 2.11. The van der Waals surface area contributed by atoms with E-state index in [2.05, 4.69) is 37.7 Å². The van der Waals surface area contributed by atoms with Crippen LogP contribution in [0.15, 0.2) is 59.5 Å². The number of hydrogen-bond donors (Lipinski definition) is 2. The fourth-order valence-electron chi connectivity index (χ4n) is 3.83. The number of rotatable bonds is 4. The molecule has 0 radical (unpaired) electrons. The molecule has 32 heavy (non-hydrogen) atoms. The Morgan fingerprint density at radius 2 is 1.81 bits per heavy atom. The molecule has 2 N–H and O–H groups in total. The van der Waals surface area contributed by atoms with Crippen LogP contribution in [0.25, 0.3) is 16.7 Å². The molecule has 0 atom stereocenters. The number of furan rings is 1. The molecule has 1 fully saturated rings. The summed E-state index contributed by atoms with van der Waals surface area (Å²) < 4.78 is 5.15. The summed E-state index contributed by atoms with van der Waals surface area (Å²) in [5.74, 6) is 0.443. The Morgan fingerprint density at radius 3 is 2.53 bits per heavy atom. The van der Waals surface area contributed by atoms with E-state index < -0.39 is 11.8 Å². The summed E-state index contributed by atoms with van der Waals surface area (Å²) in [4.78, 5) is 29.3. The summed E-state index contributed by atoms with van der Waals surface area (Å²) in [6.45, 7) is 3.79. The number of nitrogens with zero attached hydrogens (tertiary/aromatic N) is 4. The zero-order valence-corrected chi connectivity index (χ0v) is 17.5. The van der Waals surface area contributed by atoms with Crippen LogP contribution in [-0.4, -0.2) is 60.1 Å². The Hall–Kier alpha value is -3.98. The number of benzene rings is 1. The van der Waals surface area contributed by atoms with Gasteiger partial charge < -0.3 is 19.5 Å². The van der Waals surface area contributed by atoms with Crippen molar-refractivity contribution in [1.82, 2.24) is 20.4 Å². The Bertz CT molecular complexity index is 1180. The average molecular weight is 430 g/mol. The van der Waals surface area contributed by atoms with Crippen molar-refractivity contribution in [2.45, 2.75) is 0 Å². The van der Waals surface area contributed by atoms with Gasteiger partial charge in [0.1, 0.15) is 0 Å². The SMILES string of the molecule is CN1CCN(c2ccc(NC=C3C(=O)NC(=O)c4ccc(-c5ccoc5)cc43)nn2)CC1. The molecule has 162 valence electrons. The number of piperazine rings is 1. The zero-order valence-electron chi connectivity index (χ0n) is 17.5. The first-order chi connectivity index (χ1) is 15.6. The average Bonchev–Trinajstić information content (AvgIpc) is 3.35. The third-order valence-corrected chi connectivity index (χ3v) is 5.72. The summed E-state index contributed by atoms with van der Waals surface area (Å²) in [5.41, 5.74) is 3.04. The molecule has 0 aliphatic carbocycles. The second-order valence-corrected chi connectivity index (χ2v) is 7.83. The van der Waals surface area contributed by atoms with Gasteiger partial charge in [-0.1, -0.05) is 6.07 Å². The van der Waals surface area contributed by atoms with Gasteiger partial charge in [0, 0.05) is 49.1 Å². The van der Waals surface area contributed by atoms with Crippen LogP contribution in [-0.2, 0) is 4.79 Å². The highest BCUT2D eigenvalue weighted by Crippen LogP contribution is 2.30. The molecule has 0 saturated carbocycles. The third-order valence-electron chi connectivity index (χ3n) is 5.72. The van der Waals surface area contributed by atoms with Crippen LogP contribution < -0.4 is 15.5 Å². The van der Waals surface area contributed by atoms with E-state index in [1.807, 2.05) is 30.3 Å². The topological polar surface area (TPSA) is 104 Å². The fourth-order valence-corrected chi connectivity index (χ4v) is 3.83. The number of carbonyl (C=O) groups is 2. The van der Waals surface area contributed by atoms with Gasteiger partial charge >= 0.3 is 0 Å². The molecule has 9 heteroatoms. The number of carbonyl (C=O) groups excluding carboxylic acids is 2. The Kier molecular flexibility index (Phi) is 5.16. The number of fused-ring (bicyclic) bond motifs is 1. The first-order valence-electron chi connectivity index (χ1n) is 10.3. The number of hydrogen-bond acceptors (Lipinski definition) is 8. The zero-order chi connectivity index (χ0) is 22.1. The van der Waals surface area contributed by atoms with Crippen LogP contribution in [0, 0.1) is 0 Å². The second kappa shape index (κ2) is 8.27. The van der Waals surface area contributed by atoms with E-state index in [0.717, 1.165) is 43.1 Å². The molecule has 3 aromatic rings. The van der Waals surface area contributed by atoms with Crippen molar-refractivity contribution in [3.05, 3.63) is 66.3 Å².